The number of benzene rings is 1. The largest absolute Gasteiger partial charge is 0.388 e. The Bertz CT molecular complexity index is 406. The number of aromatic nitrogens is 2. The third-order valence-electron chi connectivity index (χ3n) is 1.81. The highest BCUT2D eigenvalue weighted by Crippen LogP contribution is 2.13. The zero-order chi connectivity index (χ0) is 8.55. The fourth-order valence-corrected chi connectivity index (χ4v) is 1.21. The van der Waals surface area contributed by atoms with E-state index in [9.17, 15) is 0 Å². The van der Waals surface area contributed by atoms with Gasteiger partial charge in [0.15, 0.2) is 0 Å². The van der Waals surface area contributed by atoms with Crippen molar-refractivity contribution in [2.75, 3.05) is 0 Å². The molecule has 1 aromatic heterocycles. The van der Waals surface area contributed by atoms with Gasteiger partial charge < -0.3 is 9.67 Å². The molecule has 1 N–H and O–H groups in total. The van der Waals surface area contributed by atoms with Crippen LogP contribution in [0.5, 0.6) is 0 Å². The molecule has 60 valence electrons. The Kier molecular flexibility index (Phi) is 1.59. The molecule has 0 aliphatic heterocycles. The van der Waals surface area contributed by atoms with Crippen LogP contribution in [0.3, 0.4) is 0 Å². The molecule has 0 unspecified atom stereocenters. The van der Waals surface area contributed by atoms with Gasteiger partial charge in [0.25, 0.3) is 0 Å². The number of fused-ring (bicyclic) bond motifs is 1. The van der Waals surface area contributed by atoms with Crippen LogP contribution in [-0.4, -0.2) is 14.7 Å². The molecule has 2 aromatic rings. The van der Waals surface area contributed by atoms with E-state index in [4.69, 9.17) is 12.2 Å². The summed E-state index contributed by atoms with van der Waals surface area (Å²) in [5.74, 6) is 0.483. The predicted molar refractivity (Wildman–Crippen MR) is 45.4 cm³/mol. The SMILES string of the molecule is [CH]n1c(CO)nc2ccccc21. The standard InChI is InChI=1S/C9H8N2O/c1-11-8-5-3-2-4-7(8)10-9(11)6-12/h1-5,12H,6H2. The fraction of sp³-hybridized carbons (Fsp3) is 0.111. The topological polar surface area (TPSA) is 38.0 Å². The molecule has 3 heteroatoms. The number of aliphatic hydroxyl groups excluding tert-OH is 1. The van der Waals surface area contributed by atoms with Crippen molar-refractivity contribution in [3.8, 4) is 0 Å². The monoisotopic (exact) mass is 160 g/mol. The van der Waals surface area contributed by atoms with E-state index in [2.05, 4.69) is 4.98 Å². The van der Waals surface area contributed by atoms with E-state index in [1.165, 1.54) is 4.57 Å². The number of imidazole rings is 1. The van der Waals surface area contributed by atoms with Gasteiger partial charge >= 0.3 is 0 Å². The summed E-state index contributed by atoms with van der Waals surface area (Å²) >= 11 is 0. The summed E-state index contributed by atoms with van der Waals surface area (Å²) in [6.07, 6.45) is 0. The Hall–Kier alpha value is -1.35. The lowest BCUT2D eigenvalue weighted by atomic mass is 10.3. The van der Waals surface area contributed by atoms with Crippen LogP contribution in [0, 0.1) is 7.05 Å². The first-order valence-corrected chi connectivity index (χ1v) is 3.65. The highest BCUT2D eigenvalue weighted by molar-refractivity contribution is 5.76. The second-order valence-corrected chi connectivity index (χ2v) is 2.54. The first-order chi connectivity index (χ1) is 5.83. The molecule has 0 spiro atoms. The van der Waals surface area contributed by atoms with Crippen molar-refractivity contribution < 1.29 is 5.11 Å². The van der Waals surface area contributed by atoms with Crippen molar-refractivity contribution in [2.45, 2.75) is 6.61 Å². The summed E-state index contributed by atoms with van der Waals surface area (Å²) < 4.78 is 1.40. The van der Waals surface area contributed by atoms with Gasteiger partial charge in [0, 0.05) is 0 Å². The molecular formula is C9H8N2O. The van der Waals surface area contributed by atoms with Crippen LogP contribution in [0.4, 0.5) is 0 Å². The number of rotatable bonds is 1. The average Bonchev–Trinajstić information content (AvgIpc) is 2.44. The molecule has 2 radical (unpaired) electrons. The Morgan fingerprint density at radius 3 is 2.83 bits per heavy atom. The van der Waals surface area contributed by atoms with Crippen LogP contribution in [0.2, 0.25) is 0 Å². The summed E-state index contributed by atoms with van der Waals surface area (Å²) in [6, 6.07) is 7.49. The first kappa shape index (κ1) is 7.31. The van der Waals surface area contributed by atoms with Crippen LogP contribution in [0.1, 0.15) is 5.82 Å². The van der Waals surface area contributed by atoms with Gasteiger partial charge in [-0.15, -0.1) is 0 Å². The summed E-state index contributed by atoms with van der Waals surface area (Å²) in [5, 5.41) is 8.86. The number of hydrogen-bond acceptors (Lipinski definition) is 2. The summed E-state index contributed by atoms with van der Waals surface area (Å²) in [7, 11) is 5.64. The second-order valence-electron chi connectivity index (χ2n) is 2.54. The molecule has 0 fully saturated rings. The van der Waals surface area contributed by atoms with Crippen molar-refractivity contribution in [2.24, 2.45) is 0 Å². The van der Waals surface area contributed by atoms with Gasteiger partial charge in [0.1, 0.15) is 12.4 Å². The lowest BCUT2D eigenvalue weighted by Crippen LogP contribution is -1.94. The average molecular weight is 160 g/mol. The molecule has 0 aliphatic rings. The predicted octanol–water partition coefficient (Wildman–Crippen LogP) is 1.05. The highest BCUT2D eigenvalue weighted by atomic mass is 16.3. The Balaban J connectivity index is 2.78. The summed E-state index contributed by atoms with van der Waals surface area (Å²) in [6.45, 7) is -0.134. The normalized spacial score (nSPS) is 10.8. The second kappa shape index (κ2) is 2.60. The number of para-hydroxylation sites is 2. The Labute approximate surface area is 70.3 Å². The maximum absolute atomic E-state index is 8.86. The smallest absolute Gasteiger partial charge is 0.136 e. The molecule has 3 nitrogen and oxygen atoms in total. The van der Waals surface area contributed by atoms with Crippen LogP contribution in [-0.2, 0) is 6.61 Å². The lowest BCUT2D eigenvalue weighted by molar-refractivity contribution is 0.270. The van der Waals surface area contributed by atoms with E-state index < -0.39 is 0 Å². The molecule has 0 aliphatic carbocycles. The number of nitrogens with zero attached hydrogens (tertiary/aromatic N) is 2. The summed E-state index contributed by atoms with van der Waals surface area (Å²) in [4.78, 5) is 4.12. The van der Waals surface area contributed by atoms with Crippen molar-refractivity contribution in [3.63, 3.8) is 0 Å². The number of hydrogen-bond donors (Lipinski definition) is 1. The maximum Gasteiger partial charge on any atom is 0.136 e. The molecular weight excluding hydrogens is 152 g/mol. The molecule has 1 heterocycles. The van der Waals surface area contributed by atoms with Crippen molar-refractivity contribution in [3.05, 3.63) is 37.1 Å². The van der Waals surface area contributed by atoms with Crippen molar-refractivity contribution >= 4 is 11.0 Å². The quantitative estimate of drug-likeness (QED) is 0.677. The Morgan fingerprint density at radius 1 is 1.42 bits per heavy atom. The van der Waals surface area contributed by atoms with Gasteiger partial charge in [-0.3, -0.25) is 0 Å². The van der Waals surface area contributed by atoms with Crippen LogP contribution >= 0.6 is 0 Å². The van der Waals surface area contributed by atoms with Gasteiger partial charge in [-0.25, -0.2) is 4.98 Å². The van der Waals surface area contributed by atoms with Crippen LogP contribution in [0.25, 0.3) is 11.0 Å². The molecule has 0 saturated heterocycles. The van der Waals surface area contributed by atoms with E-state index in [0.717, 1.165) is 11.0 Å². The minimum atomic E-state index is -0.134. The van der Waals surface area contributed by atoms with E-state index >= 15 is 0 Å². The van der Waals surface area contributed by atoms with Crippen molar-refractivity contribution in [1.82, 2.24) is 9.55 Å². The van der Waals surface area contributed by atoms with E-state index in [1.54, 1.807) is 0 Å². The highest BCUT2D eigenvalue weighted by Gasteiger charge is 2.04. The zero-order valence-corrected chi connectivity index (χ0v) is 6.44. The van der Waals surface area contributed by atoms with E-state index in [0.29, 0.717) is 5.82 Å². The minimum Gasteiger partial charge on any atom is -0.388 e. The lowest BCUT2D eigenvalue weighted by Gasteiger charge is -1.95. The third kappa shape index (κ3) is 0.905. The van der Waals surface area contributed by atoms with E-state index in [1.807, 2.05) is 24.3 Å². The van der Waals surface area contributed by atoms with Gasteiger partial charge in [-0.1, -0.05) is 12.1 Å². The molecule has 0 atom stereocenters. The maximum atomic E-state index is 8.86. The molecule has 0 amide bonds. The molecule has 12 heavy (non-hydrogen) atoms. The van der Waals surface area contributed by atoms with Crippen LogP contribution in [0.15, 0.2) is 24.3 Å². The molecule has 1 aromatic carbocycles. The Morgan fingerprint density at radius 2 is 2.17 bits per heavy atom. The van der Waals surface area contributed by atoms with Crippen LogP contribution < -0.4 is 0 Å². The molecule has 2 rings (SSSR count). The van der Waals surface area contributed by atoms with Gasteiger partial charge in [-0.2, -0.15) is 0 Å². The van der Waals surface area contributed by atoms with Gasteiger partial charge in [-0.05, 0) is 12.1 Å². The summed E-state index contributed by atoms with van der Waals surface area (Å²) in [5.41, 5.74) is 1.64. The van der Waals surface area contributed by atoms with E-state index in [-0.39, 0.29) is 6.61 Å². The zero-order valence-electron chi connectivity index (χ0n) is 6.44. The van der Waals surface area contributed by atoms with Gasteiger partial charge in [0.05, 0.1) is 18.1 Å². The molecule has 0 bridgehead atoms. The fourth-order valence-electron chi connectivity index (χ4n) is 1.21. The third-order valence-corrected chi connectivity index (χ3v) is 1.81. The van der Waals surface area contributed by atoms with Crippen molar-refractivity contribution in [1.29, 1.82) is 0 Å². The number of aliphatic hydroxyl groups is 1. The van der Waals surface area contributed by atoms with Gasteiger partial charge in [0.2, 0.25) is 0 Å². The minimum absolute atomic E-state index is 0.134. The molecule has 0 saturated carbocycles. The first-order valence-electron chi connectivity index (χ1n) is 3.65.